The van der Waals surface area contributed by atoms with Crippen molar-refractivity contribution in [3.8, 4) is 0 Å². The molecule has 2 aromatic rings. The predicted octanol–water partition coefficient (Wildman–Crippen LogP) is 3.34. The molecule has 0 bridgehead atoms. The van der Waals surface area contributed by atoms with Crippen LogP contribution in [0.5, 0.6) is 0 Å². The lowest BCUT2D eigenvalue weighted by Gasteiger charge is -2.11. The number of aromatic nitrogens is 1. The summed E-state index contributed by atoms with van der Waals surface area (Å²) in [5, 5.41) is 0. The SMILES string of the molecule is O=C(C[n+]1ccccc1C(=O)OC(Cl)(Cl)Cl)c1ccccc1. The molecule has 1 heterocycles. The van der Waals surface area contributed by atoms with Gasteiger partial charge in [0.05, 0.1) is 0 Å². The Bertz CT molecular complexity index is 684. The monoisotopic (exact) mass is 358 g/mol. The van der Waals surface area contributed by atoms with Crippen LogP contribution in [-0.4, -0.2) is 15.7 Å². The normalized spacial score (nSPS) is 11.0. The van der Waals surface area contributed by atoms with Crippen molar-refractivity contribution in [1.29, 1.82) is 0 Å². The summed E-state index contributed by atoms with van der Waals surface area (Å²) in [7, 11) is 0. The Morgan fingerprint density at radius 1 is 1.00 bits per heavy atom. The first kappa shape index (κ1) is 16.7. The minimum absolute atomic E-state index is 0.0326. The molecule has 7 heteroatoms. The quantitative estimate of drug-likeness (QED) is 0.364. The summed E-state index contributed by atoms with van der Waals surface area (Å²) in [6.45, 7) is -0.0326. The van der Waals surface area contributed by atoms with Crippen LogP contribution in [0.4, 0.5) is 0 Å². The summed E-state index contributed by atoms with van der Waals surface area (Å²) < 4.78 is 3.96. The van der Waals surface area contributed by atoms with Crippen LogP contribution in [0.25, 0.3) is 0 Å². The number of carbonyl (C=O) groups excluding carboxylic acids is 2. The molecule has 0 atom stereocenters. The van der Waals surface area contributed by atoms with E-state index in [1.807, 2.05) is 6.07 Å². The van der Waals surface area contributed by atoms with Crippen molar-refractivity contribution in [2.45, 2.75) is 10.5 Å². The first-order valence-corrected chi connectivity index (χ1v) is 7.37. The predicted molar refractivity (Wildman–Crippen MR) is 83.1 cm³/mol. The van der Waals surface area contributed by atoms with E-state index in [0.717, 1.165) is 0 Å². The highest BCUT2D eigenvalue weighted by molar-refractivity contribution is 6.66. The smallest absolute Gasteiger partial charge is 0.406 e. The minimum Gasteiger partial charge on any atom is -0.406 e. The van der Waals surface area contributed by atoms with E-state index >= 15 is 0 Å². The summed E-state index contributed by atoms with van der Waals surface area (Å²) in [5.74, 6) is -0.985. The molecular formula is C15H11Cl3NO3+. The molecule has 0 aliphatic heterocycles. The molecule has 0 aliphatic carbocycles. The number of hydrogen-bond acceptors (Lipinski definition) is 3. The maximum absolute atomic E-state index is 12.2. The van der Waals surface area contributed by atoms with Crippen LogP contribution in [0.2, 0.25) is 0 Å². The van der Waals surface area contributed by atoms with Gasteiger partial charge < -0.3 is 4.74 Å². The molecule has 0 fully saturated rings. The molecule has 2 rings (SSSR count). The lowest BCUT2D eigenvalue weighted by atomic mass is 10.1. The zero-order valence-corrected chi connectivity index (χ0v) is 13.5. The summed E-state index contributed by atoms with van der Waals surface area (Å²) in [6, 6.07) is 13.5. The number of ether oxygens (including phenoxy) is 1. The lowest BCUT2D eigenvalue weighted by molar-refractivity contribution is -0.685. The number of pyridine rings is 1. The fraction of sp³-hybridized carbons (Fsp3) is 0.133. The molecule has 22 heavy (non-hydrogen) atoms. The van der Waals surface area contributed by atoms with Gasteiger partial charge in [0.25, 0.3) is 5.69 Å². The molecule has 0 aliphatic rings. The van der Waals surface area contributed by atoms with E-state index in [4.69, 9.17) is 34.8 Å². The van der Waals surface area contributed by atoms with Crippen LogP contribution >= 0.6 is 34.8 Å². The van der Waals surface area contributed by atoms with E-state index < -0.39 is 9.95 Å². The Hall–Kier alpha value is -1.62. The summed E-state index contributed by atoms with van der Waals surface area (Å²) >= 11 is 16.3. The molecule has 1 aromatic heterocycles. The van der Waals surface area contributed by atoms with Crippen molar-refractivity contribution in [1.82, 2.24) is 0 Å². The van der Waals surface area contributed by atoms with Crippen molar-refractivity contribution >= 4 is 46.6 Å². The van der Waals surface area contributed by atoms with E-state index in [9.17, 15) is 9.59 Å². The van der Waals surface area contributed by atoms with Gasteiger partial charge in [-0.25, -0.2) is 4.79 Å². The minimum atomic E-state index is -2.16. The van der Waals surface area contributed by atoms with Gasteiger partial charge in [-0.05, 0) is 40.9 Å². The van der Waals surface area contributed by atoms with Crippen molar-refractivity contribution in [2.24, 2.45) is 0 Å². The van der Waals surface area contributed by atoms with E-state index in [2.05, 4.69) is 4.74 Å². The van der Waals surface area contributed by atoms with Gasteiger partial charge in [-0.2, -0.15) is 4.57 Å². The van der Waals surface area contributed by atoms with Gasteiger partial charge in [-0.1, -0.05) is 30.3 Å². The third-order valence-corrected chi connectivity index (χ3v) is 3.00. The van der Waals surface area contributed by atoms with E-state index in [-0.39, 0.29) is 18.0 Å². The fourth-order valence-electron chi connectivity index (χ4n) is 1.83. The molecule has 0 saturated heterocycles. The van der Waals surface area contributed by atoms with E-state index in [1.165, 1.54) is 10.6 Å². The van der Waals surface area contributed by atoms with Crippen molar-refractivity contribution < 1.29 is 18.9 Å². The van der Waals surface area contributed by atoms with Gasteiger partial charge in [0.1, 0.15) is 0 Å². The number of esters is 1. The molecule has 0 saturated carbocycles. The highest BCUT2D eigenvalue weighted by Gasteiger charge is 2.31. The Balaban J connectivity index is 2.22. The average Bonchev–Trinajstić information content (AvgIpc) is 2.47. The molecule has 0 unspecified atom stereocenters. The molecule has 114 valence electrons. The van der Waals surface area contributed by atoms with Crippen molar-refractivity contribution in [3.05, 3.63) is 66.0 Å². The zero-order valence-electron chi connectivity index (χ0n) is 11.2. The number of benzene rings is 1. The number of Topliss-reactive ketones (excluding diaryl/α,β-unsaturated/α-hetero) is 1. The van der Waals surface area contributed by atoms with Gasteiger partial charge in [-0.15, -0.1) is 0 Å². The van der Waals surface area contributed by atoms with Crippen molar-refractivity contribution in [3.63, 3.8) is 0 Å². The molecule has 0 amide bonds. The van der Waals surface area contributed by atoms with Gasteiger partial charge in [0.15, 0.2) is 6.20 Å². The van der Waals surface area contributed by atoms with E-state index in [1.54, 1.807) is 42.6 Å². The number of rotatable bonds is 4. The van der Waals surface area contributed by atoms with Gasteiger partial charge in [0.2, 0.25) is 12.3 Å². The first-order valence-electron chi connectivity index (χ1n) is 6.23. The van der Waals surface area contributed by atoms with Crippen LogP contribution in [0.3, 0.4) is 0 Å². The van der Waals surface area contributed by atoms with Crippen LogP contribution in [-0.2, 0) is 11.3 Å². The Morgan fingerprint density at radius 2 is 1.64 bits per heavy atom. The number of halogens is 3. The topological polar surface area (TPSA) is 47.2 Å². The number of alkyl halides is 3. The summed E-state index contributed by atoms with van der Waals surface area (Å²) in [6.07, 6.45) is 1.58. The van der Waals surface area contributed by atoms with Gasteiger partial charge in [0, 0.05) is 17.7 Å². The highest BCUT2D eigenvalue weighted by Crippen LogP contribution is 2.28. The second-order valence-corrected chi connectivity index (χ2v) is 6.52. The summed E-state index contributed by atoms with van der Waals surface area (Å²) in [5.41, 5.74) is 0.651. The van der Waals surface area contributed by atoms with Crippen LogP contribution in [0, 0.1) is 0 Å². The number of nitrogens with zero attached hydrogens (tertiary/aromatic N) is 1. The molecule has 0 N–H and O–H groups in total. The van der Waals surface area contributed by atoms with Crippen LogP contribution in [0.15, 0.2) is 54.7 Å². The first-order chi connectivity index (χ1) is 10.4. The number of ketones is 1. The average molecular weight is 360 g/mol. The fourth-order valence-corrected chi connectivity index (χ4v) is 2.04. The number of carbonyl (C=O) groups is 2. The van der Waals surface area contributed by atoms with Gasteiger partial charge in [-0.3, -0.25) is 4.79 Å². The van der Waals surface area contributed by atoms with Gasteiger partial charge >= 0.3 is 9.95 Å². The molecule has 0 radical (unpaired) electrons. The Kier molecular flexibility index (Phi) is 5.40. The highest BCUT2D eigenvalue weighted by atomic mass is 35.6. The van der Waals surface area contributed by atoms with E-state index in [0.29, 0.717) is 5.56 Å². The summed E-state index contributed by atoms with van der Waals surface area (Å²) in [4.78, 5) is 24.2. The third-order valence-electron chi connectivity index (χ3n) is 2.77. The third kappa shape index (κ3) is 4.70. The molecule has 1 aromatic carbocycles. The van der Waals surface area contributed by atoms with Crippen LogP contribution in [0.1, 0.15) is 20.8 Å². The lowest BCUT2D eigenvalue weighted by Crippen LogP contribution is -2.44. The second kappa shape index (κ2) is 7.09. The molecular weight excluding hydrogens is 349 g/mol. The maximum atomic E-state index is 12.2. The standard InChI is InChI=1S/C15H11Cl3NO3/c16-15(17,18)22-14(21)12-8-4-5-9-19(12)10-13(20)11-6-2-1-3-7-11/h1-9H,10H2/q+1. The van der Waals surface area contributed by atoms with Crippen LogP contribution < -0.4 is 4.57 Å². The second-order valence-electron chi connectivity index (χ2n) is 4.34. The molecule has 4 nitrogen and oxygen atoms in total. The molecule has 0 spiro atoms. The maximum Gasteiger partial charge on any atom is 0.407 e. The number of hydrogen-bond donors (Lipinski definition) is 0. The Labute approximate surface area is 142 Å². The Morgan fingerprint density at radius 3 is 2.27 bits per heavy atom. The largest absolute Gasteiger partial charge is 0.407 e. The zero-order chi connectivity index (χ0) is 16.2. The van der Waals surface area contributed by atoms with Crippen molar-refractivity contribution in [2.75, 3.05) is 0 Å².